The van der Waals surface area contributed by atoms with E-state index in [1.165, 1.54) is 6.07 Å². The molecule has 1 aromatic rings. The Morgan fingerprint density at radius 1 is 1.67 bits per heavy atom. The van der Waals surface area contributed by atoms with Crippen molar-refractivity contribution < 1.29 is 14.5 Å². The average Bonchev–Trinajstić information content (AvgIpc) is 2.91. The summed E-state index contributed by atoms with van der Waals surface area (Å²) in [4.78, 5) is 26.1. The van der Waals surface area contributed by atoms with E-state index >= 15 is 0 Å². The quantitative estimate of drug-likeness (QED) is 0.620. The Balaban J connectivity index is 2.06. The van der Waals surface area contributed by atoms with Crippen molar-refractivity contribution in [3.63, 3.8) is 0 Å². The molecule has 114 valence electrons. The molecule has 8 nitrogen and oxygen atoms in total. The van der Waals surface area contributed by atoms with Crippen LogP contribution in [0.2, 0.25) is 0 Å². The highest BCUT2D eigenvalue weighted by Crippen LogP contribution is 2.23. The number of hydrogen-bond donors (Lipinski definition) is 2. The van der Waals surface area contributed by atoms with Crippen molar-refractivity contribution in [2.45, 2.75) is 25.9 Å². The maximum absolute atomic E-state index is 12.1. The van der Waals surface area contributed by atoms with Crippen LogP contribution in [0.5, 0.6) is 0 Å². The fourth-order valence-electron chi connectivity index (χ4n) is 2.49. The van der Waals surface area contributed by atoms with Gasteiger partial charge in [-0.3, -0.25) is 14.9 Å². The van der Waals surface area contributed by atoms with E-state index in [0.29, 0.717) is 13.2 Å². The Morgan fingerprint density at radius 2 is 2.43 bits per heavy atom. The number of nitrogen functional groups attached to an aromatic ring is 1. The van der Waals surface area contributed by atoms with E-state index in [-0.39, 0.29) is 29.1 Å². The number of carbonyl (C=O) groups is 1. The number of ether oxygens (including phenoxy) is 1. The second-order valence-electron chi connectivity index (χ2n) is 4.96. The topological polar surface area (TPSA) is 120 Å². The summed E-state index contributed by atoms with van der Waals surface area (Å²) in [6, 6.07) is 1.22. The first-order valence-electron chi connectivity index (χ1n) is 6.82. The highest BCUT2D eigenvalue weighted by molar-refractivity contribution is 5.98. The molecule has 1 amide bonds. The van der Waals surface area contributed by atoms with Crippen molar-refractivity contribution in [1.29, 1.82) is 0 Å². The van der Waals surface area contributed by atoms with Crippen LogP contribution in [0.1, 0.15) is 30.1 Å². The predicted molar refractivity (Wildman–Crippen MR) is 75.8 cm³/mol. The second-order valence-corrected chi connectivity index (χ2v) is 4.96. The summed E-state index contributed by atoms with van der Waals surface area (Å²) in [5.74, 6) is -0.212. The molecule has 0 spiro atoms. The van der Waals surface area contributed by atoms with Gasteiger partial charge in [0.2, 0.25) is 0 Å². The summed E-state index contributed by atoms with van der Waals surface area (Å²) >= 11 is 0. The van der Waals surface area contributed by atoms with E-state index in [0.717, 1.165) is 19.0 Å². The molecule has 3 N–H and O–H groups in total. The van der Waals surface area contributed by atoms with Crippen LogP contribution in [-0.2, 0) is 4.74 Å². The normalized spacial score (nSPS) is 21.2. The standard InChI is InChI=1S/C13H18N4O4/c1-2-11-8(3-4-21-11)6-16-13(18)9-5-12(14)15-7-10(9)17(19)20/h5,7-8,11H,2-4,6H2,1H3,(H2,14,15)(H,16,18). The molecule has 0 aliphatic carbocycles. The molecule has 0 saturated carbocycles. The third-order valence-corrected chi connectivity index (χ3v) is 3.62. The van der Waals surface area contributed by atoms with E-state index in [1.54, 1.807) is 0 Å². The number of amides is 1. The molecule has 21 heavy (non-hydrogen) atoms. The molecule has 1 saturated heterocycles. The summed E-state index contributed by atoms with van der Waals surface area (Å²) in [6.07, 6.45) is 2.88. The lowest BCUT2D eigenvalue weighted by molar-refractivity contribution is -0.385. The molecule has 1 aliphatic rings. The van der Waals surface area contributed by atoms with E-state index in [4.69, 9.17) is 10.5 Å². The third-order valence-electron chi connectivity index (χ3n) is 3.62. The van der Waals surface area contributed by atoms with E-state index in [1.807, 2.05) is 6.92 Å². The van der Waals surface area contributed by atoms with Crippen LogP contribution in [0.3, 0.4) is 0 Å². The van der Waals surface area contributed by atoms with Crippen molar-refractivity contribution in [2.75, 3.05) is 18.9 Å². The summed E-state index contributed by atoms with van der Waals surface area (Å²) in [6.45, 7) is 3.14. The van der Waals surface area contributed by atoms with Gasteiger partial charge in [-0.1, -0.05) is 6.92 Å². The second kappa shape index (κ2) is 6.49. The molecule has 2 unspecified atom stereocenters. The summed E-state index contributed by atoms with van der Waals surface area (Å²) in [7, 11) is 0. The maximum Gasteiger partial charge on any atom is 0.300 e. The van der Waals surface area contributed by atoms with E-state index in [9.17, 15) is 14.9 Å². The number of aromatic nitrogens is 1. The van der Waals surface area contributed by atoms with Crippen LogP contribution >= 0.6 is 0 Å². The molecule has 0 aromatic carbocycles. The smallest absolute Gasteiger partial charge is 0.300 e. The third kappa shape index (κ3) is 3.46. The minimum absolute atomic E-state index is 0.0699. The van der Waals surface area contributed by atoms with Gasteiger partial charge in [-0.25, -0.2) is 4.98 Å². The number of rotatable bonds is 5. The number of carbonyl (C=O) groups excluding carboxylic acids is 1. The Hall–Kier alpha value is -2.22. The molecule has 2 heterocycles. The van der Waals surface area contributed by atoms with Gasteiger partial charge in [-0.05, 0) is 18.9 Å². The summed E-state index contributed by atoms with van der Waals surface area (Å²) < 4.78 is 5.54. The van der Waals surface area contributed by atoms with Crippen LogP contribution in [-0.4, -0.2) is 35.1 Å². The fourth-order valence-corrected chi connectivity index (χ4v) is 2.49. The Morgan fingerprint density at radius 3 is 3.10 bits per heavy atom. The molecule has 0 radical (unpaired) electrons. The Labute approximate surface area is 121 Å². The molecule has 2 rings (SSSR count). The van der Waals surface area contributed by atoms with Crippen molar-refractivity contribution in [3.8, 4) is 0 Å². The molecule has 2 atom stereocenters. The Bertz CT molecular complexity index is 549. The van der Waals surface area contributed by atoms with Crippen molar-refractivity contribution in [2.24, 2.45) is 5.92 Å². The van der Waals surface area contributed by atoms with E-state index in [2.05, 4.69) is 10.3 Å². The van der Waals surface area contributed by atoms with Gasteiger partial charge in [0.25, 0.3) is 11.6 Å². The summed E-state index contributed by atoms with van der Waals surface area (Å²) in [5, 5.41) is 13.6. The number of hydrogen-bond acceptors (Lipinski definition) is 6. The van der Waals surface area contributed by atoms with E-state index < -0.39 is 10.8 Å². The summed E-state index contributed by atoms with van der Waals surface area (Å²) in [5.41, 5.74) is 5.07. The lowest BCUT2D eigenvalue weighted by Crippen LogP contribution is -2.33. The first kappa shape index (κ1) is 15.2. The van der Waals surface area contributed by atoms with Crippen molar-refractivity contribution in [3.05, 3.63) is 27.9 Å². The van der Waals surface area contributed by atoms with Crippen LogP contribution < -0.4 is 11.1 Å². The van der Waals surface area contributed by atoms with Crippen molar-refractivity contribution in [1.82, 2.24) is 10.3 Å². The van der Waals surface area contributed by atoms with Crippen LogP contribution in [0.4, 0.5) is 11.5 Å². The first-order valence-corrected chi connectivity index (χ1v) is 6.82. The zero-order chi connectivity index (χ0) is 15.4. The highest BCUT2D eigenvalue weighted by Gasteiger charge is 2.28. The minimum atomic E-state index is -0.644. The number of anilines is 1. The Kier molecular flexibility index (Phi) is 4.69. The monoisotopic (exact) mass is 294 g/mol. The molecule has 0 bridgehead atoms. The fraction of sp³-hybridized carbons (Fsp3) is 0.538. The van der Waals surface area contributed by atoms with Gasteiger partial charge < -0.3 is 15.8 Å². The minimum Gasteiger partial charge on any atom is -0.384 e. The SMILES string of the molecule is CCC1OCCC1CNC(=O)c1cc(N)ncc1[N+](=O)[O-]. The molecule has 1 aliphatic heterocycles. The van der Waals surface area contributed by atoms with Gasteiger partial charge in [0.1, 0.15) is 17.6 Å². The largest absolute Gasteiger partial charge is 0.384 e. The molecular weight excluding hydrogens is 276 g/mol. The number of pyridine rings is 1. The van der Waals surface area contributed by atoms with Crippen molar-refractivity contribution >= 4 is 17.4 Å². The van der Waals surface area contributed by atoms with Gasteiger partial charge in [0.05, 0.1) is 11.0 Å². The number of nitrogens with zero attached hydrogens (tertiary/aromatic N) is 2. The van der Waals surface area contributed by atoms with Crippen LogP contribution in [0.25, 0.3) is 0 Å². The number of nitro groups is 1. The first-order chi connectivity index (χ1) is 10.0. The predicted octanol–water partition coefficient (Wildman–Crippen LogP) is 1.12. The van der Waals surface area contributed by atoms with Crippen LogP contribution in [0, 0.1) is 16.0 Å². The van der Waals surface area contributed by atoms with Gasteiger partial charge in [-0.15, -0.1) is 0 Å². The lowest BCUT2D eigenvalue weighted by Gasteiger charge is -2.17. The molecule has 1 fully saturated rings. The van der Waals surface area contributed by atoms with Gasteiger partial charge in [0.15, 0.2) is 0 Å². The van der Waals surface area contributed by atoms with Gasteiger partial charge in [-0.2, -0.15) is 0 Å². The zero-order valence-electron chi connectivity index (χ0n) is 11.7. The van der Waals surface area contributed by atoms with Gasteiger partial charge in [0, 0.05) is 19.1 Å². The number of nitrogens with two attached hydrogens (primary N) is 1. The highest BCUT2D eigenvalue weighted by atomic mass is 16.6. The molecule has 1 aromatic heterocycles. The lowest BCUT2D eigenvalue weighted by atomic mass is 9.99. The number of nitrogens with one attached hydrogen (secondary N) is 1. The molecular formula is C13H18N4O4. The molecule has 8 heteroatoms. The average molecular weight is 294 g/mol. The van der Waals surface area contributed by atoms with Crippen LogP contribution in [0.15, 0.2) is 12.3 Å². The van der Waals surface area contributed by atoms with Gasteiger partial charge >= 0.3 is 0 Å². The zero-order valence-corrected chi connectivity index (χ0v) is 11.7. The maximum atomic E-state index is 12.1.